The normalized spacial score (nSPS) is 10.5. The summed E-state index contributed by atoms with van der Waals surface area (Å²) >= 11 is 0. The van der Waals surface area contributed by atoms with E-state index in [4.69, 9.17) is 0 Å². The Morgan fingerprint density at radius 2 is 1.93 bits per heavy atom. The quantitative estimate of drug-likeness (QED) is 0.640. The third-order valence-corrected chi connectivity index (χ3v) is 4.54. The fourth-order valence-electron chi connectivity index (χ4n) is 3.08. The molecule has 1 heterocycles. The van der Waals surface area contributed by atoms with Crippen LogP contribution in [0, 0.1) is 12.7 Å². The van der Waals surface area contributed by atoms with E-state index < -0.39 is 0 Å². The lowest BCUT2D eigenvalue weighted by Crippen LogP contribution is -2.30. The van der Waals surface area contributed by atoms with E-state index in [0.29, 0.717) is 36.5 Å². The molecule has 1 aromatic heterocycles. The maximum atomic E-state index is 13.7. The number of nitrogens with one attached hydrogen (secondary N) is 1. The number of aromatic nitrogens is 1. The molecule has 0 unspecified atom stereocenters. The highest BCUT2D eigenvalue weighted by Gasteiger charge is 2.16. The molecule has 1 N–H and O–H groups in total. The second kappa shape index (κ2) is 9.13. The number of halogens is 1. The average Bonchev–Trinajstić information content (AvgIpc) is 2.70. The summed E-state index contributed by atoms with van der Waals surface area (Å²) < 4.78 is 13.7. The first kappa shape index (κ1) is 19.5. The van der Waals surface area contributed by atoms with E-state index in [1.54, 1.807) is 35.4 Å². The second-order valence-electron chi connectivity index (χ2n) is 6.59. The van der Waals surface area contributed by atoms with Gasteiger partial charge in [-0.3, -0.25) is 4.79 Å². The minimum atomic E-state index is -0.210. The van der Waals surface area contributed by atoms with Gasteiger partial charge < -0.3 is 10.2 Å². The number of benzene rings is 2. The molecule has 0 saturated carbocycles. The van der Waals surface area contributed by atoms with E-state index in [0.717, 1.165) is 11.3 Å². The van der Waals surface area contributed by atoms with Gasteiger partial charge in [-0.05, 0) is 61.7 Å². The van der Waals surface area contributed by atoms with Crippen molar-refractivity contribution < 1.29 is 9.18 Å². The number of carbonyl (C=O) groups is 1. The molecule has 1 amide bonds. The average molecular weight is 377 g/mol. The van der Waals surface area contributed by atoms with Crippen LogP contribution < -0.4 is 10.2 Å². The van der Waals surface area contributed by atoms with Gasteiger partial charge in [0.2, 0.25) is 0 Å². The topological polar surface area (TPSA) is 45.2 Å². The van der Waals surface area contributed by atoms with Crippen LogP contribution in [0.3, 0.4) is 0 Å². The lowest BCUT2D eigenvalue weighted by atomic mass is 10.1. The Hall–Kier alpha value is -3.21. The molecule has 0 saturated heterocycles. The highest BCUT2D eigenvalue weighted by molar-refractivity contribution is 6.06. The van der Waals surface area contributed by atoms with E-state index in [9.17, 15) is 9.18 Å². The molecule has 0 aliphatic rings. The number of hydrogen-bond acceptors (Lipinski definition) is 3. The minimum absolute atomic E-state index is 0.0762. The van der Waals surface area contributed by atoms with Gasteiger partial charge in [0.1, 0.15) is 11.6 Å². The van der Waals surface area contributed by atoms with E-state index in [1.807, 2.05) is 44.2 Å². The SMILES string of the molecule is CCN(C(=O)c1ccnc(NCCc2ccccc2F)c1)c1cccc(C)c1. The number of nitrogens with zero attached hydrogens (tertiary/aromatic N) is 2. The predicted molar refractivity (Wildman–Crippen MR) is 111 cm³/mol. The molecule has 2 aromatic carbocycles. The minimum Gasteiger partial charge on any atom is -0.370 e. The molecule has 4 nitrogen and oxygen atoms in total. The number of hydrogen-bond donors (Lipinski definition) is 1. The molecule has 144 valence electrons. The molecule has 0 radical (unpaired) electrons. The summed E-state index contributed by atoms with van der Waals surface area (Å²) in [5.74, 6) is 0.313. The van der Waals surface area contributed by atoms with Gasteiger partial charge in [-0.1, -0.05) is 30.3 Å². The van der Waals surface area contributed by atoms with Crippen molar-refractivity contribution in [3.63, 3.8) is 0 Å². The third-order valence-electron chi connectivity index (χ3n) is 4.54. The monoisotopic (exact) mass is 377 g/mol. The molecule has 3 rings (SSSR count). The largest absolute Gasteiger partial charge is 0.370 e. The molecular weight excluding hydrogens is 353 g/mol. The summed E-state index contributed by atoms with van der Waals surface area (Å²) in [4.78, 5) is 19.0. The van der Waals surface area contributed by atoms with Crippen molar-refractivity contribution in [1.82, 2.24) is 4.98 Å². The molecule has 28 heavy (non-hydrogen) atoms. The number of anilines is 2. The molecule has 0 fully saturated rings. The zero-order valence-electron chi connectivity index (χ0n) is 16.2. The first-order chi connectivity index (χ1) is 13.6. The van der Waals surface area contributed by atoms with Gasteiger partial charge in [0.25, 0.3) is 5.91 Å². The van der Waals surface area contributed by atoms with Gasteiger partial charge in [-0.2, -0.15) is 0 Å². The summed E-state index contributed by atoms with van der Waals surface area (Å²) in [6.07, 6.45) is 2.15. The Labute approximate surface area is 165 Å². The van der Waals surface area contributed by atoms with Crippen LogP contribution in [0.15, 0.2) is 66.9 Å². The van der Waals surface area contributed by atoms with Crippen LogP contribution in [0.2, 0.25) is 0 Å². The molecule has 0 spiro atoms. The van der Waals surface area contributed by atoms with Crippen LogP contribution in [-0.2, 0) is 6.42 Å². The fourth-order valence-corrected chi connectivity index (χ4v) is 3.08. The maximum absolute atomic E-state index is 13.7. The van der Waals surface area contributed by atoms with E-state index in [-0.39, 0.29) is 11.7 Å². The maximum Gasteiger partial charge on any atom is 0.258 e. The van der Waals surface area contributed by atoms with Crippen molar-refractivity contribution in [3.8, 4) is 0 Å². The summed E-state index contributed by atoms with van der Waals surface area (Å²) in [5.41, 5.74) is 3.19. The summed E-state index contributed by atoms with van der Waals surface area (Å²) in [6.45, 7) is 5.06. The molecule has 0 bridgehead atoms. The van der Waals surface area contributed by atoms with Crippen LogP contribution in [0.1, 0.15) is 28.4 Å². The first-order valence-corrected chi connectivity index (χ1v) is 9.40. The van der Waals surface area contributed by atoms with E-state index in [2.05, 4.69) is 10.3 Å². The van der Waals surface area contributed by atoms with E-state index >= 15 is 0 Å². The van der Waals surface area contributed by atoms with Gasteiger partial charge in [0.15, 0.2) is 0 Å². The van der Waals surface area contributed by atoms with Crippen molar-refractivity contribution in [2.75, 3.05) is 23.3 Å². The van der Waals surface area contributed by atoms with Crippen molar-refractivity contribution in [2.45, 2.75) is 20.3 Å². The van der Waals surface area contributed by atoms with Crippen molar-refractivity contribution in [3.05, 3.63) is 89.4 Å². The Balaban J connectivity index is 1.69. The predicted octanol–water partition coefficient (Wildman–Crippen LogP) is 4.85. The van der Waals surface area contributed by atoms with Crippen LogP contribution in [0.25, 0.3) is 0 Å². The Morgan fingerprint density at radius 1 is 1.11 bits per heavy atom. The second-order valence-corrected chi connectivity index (χ2v) is 6.59. The summed E-state index contributed by atoms with van der Waals surface area (Å²) in [6, 6.07) is 18.1. The summed E-state index contributed by atoms with van der Waals surface area (Å²) in [5, 5.41) is 3.17. The molecular formula is C23H24FN3O. The highest BCUT2D eigenvalue weighted by atomic mass is 19.1. The number of pyridine rings is 1. The van der Waals surface area contributed by atoms with Crippen molar-refractivity contribution in [2.24, 2.45) is 0 Å². The highest BCUT2D eigenvalue weighted by Crippen LogP contribution is 2.19. The molecule has 0 atom stereocenters. The molecule has 5 heteroatoms. The number of amides is 1. The van der Waals surface area contributed by atoms with E-state index in [1.165, 1.54) is 6.07 Å². The van der Waals surface area contributed by atoms with Gasteiger partial charge in [0, 0.05) is 30.5 Å². The number of rotatable bonds is 7. The smallest absolute Gasteiger partial charge is 0.258 e. The third kappa shape index (κ3) is 4.74. The van der Waals surface area contributed by atoms with Crippen LogP contribution in [-0.4, -0.2) is 24.0 Å². The Kier molecular flexibility index (Phi) is 6.37. The lowest BCUT2D eigenvalue weighted by Gasteiger charge is -2.21. The van der Waals surface area contributed by atoms with Crippen molar-refractivity contribution >= 4 is 17.4 Å². The van der Waals surface area contributed by atoms with Crippen LogP contribution >= 0.6 is 0 Å². The van der Waals surface area contributed by atoms with Gasteiger partial charge in [-0.15, -0.1) is 0 Å². The zero-order valence-corrected chi connectivity index (χ0v) is 16.2. The standard InChI is InChI=1S/C23H24FN3O/c1-3-27(20-9-6-7-17(2)15-20)23(28)19-12-14-26-22(16-19)25-13-11-18-8-4-5-10-21(18)24/h4-10,12,14-16H,3,11,13H2,1-2H3,(H,25,26). The molecule has 0 aliphatic carbocycles. The Bertz CT molecular complexity index is 958. The fraction of sp³-hybridized carbons (Fsp3) is 0.217. The van der Waals surface area contributed by atoms with Gasteiger partial charge in [0.05, 0.1) is 0 Å². The zero-order chi connectivity index (χ0) is 19.9. The lowest BCUT2D eigenvalue weighted by molar-refractivity contribution is 0.0988. The van der Waals surface area contributed by atoms with Crippen molar-refractivity contribution in [1.29, 1.82) is 0 Å². The van der Waals surface area contributed by atoms with Gasteiger partial charge in [-0.25, -0.2) is 9.37 Å². The Morgan fingerprint density at radius 3 is 2.68 bits per heavy atom. The number of aryl methyl sites for hydroxylation is 1. The first-order valence-electron chi connectivity index (χ1n) is 9.40. The summed E-state index contributed by atoms with van der Waals surface area (Å²) in [7, 11) is 0. The van der Waals surface area contributed by atoms with Crippen LogP contribution in [0.4, 0.5) is 15.9 Å². The molecule has 3 aromatic rings. The molecule has 0 aliphatic heterocycles. The van der Waals surface area contributed by atoms with Crippen LogP contribution in [0.5, 0.6) is 0 Å². The number of carbonyl (C=O) groups excluding carboxylic acids is 1. The van der Waals surface area contributed by atoms with Gasteiger partial charge >= 0.3 is 0 Å².